The van der Waals surface area contributed by atoms with Gasteiger partial charge in [-0.15, -0.1) is 10.2 Å². The first-order valence-electron chi connectivity index (χ1n) is 9.86. The Bertz CT molecular complexity index is 941. The van der Waals surface area contributed by atoms with Crippen LogP contribution in [0.4, 0.5) is 0 Å². The first kappa shape index (κ1) is 20.4. The Morgan fingerprint density at radius 1 is 1.00 bits per heavy atom. The molecule has 0 saturated carbocycles. The Labute approximate surface area is 184 Å². The molecule has 152 valence electrons. The molecular weight excluding hydrogens is 448 g/mol. The van der Waals surface area contributed by atoms with Crippen molar-refractivity contribution in [3.63, 3.8) is 0 Å². The van der Waals surface area contributed by atoms with E-state index in [1.54, 1.807) is 18.9 Å². The molecule has 0 N–H and O–H groups in total. The molecule has 0 spiro atoms. The van der Waals surface area contributed by atoms with Gasteiger partial charge in [-0.25, -0.2) is 0 Å². The molecule has 1 aliphatic rings. The Morgan fingerprint density at radius 2 is 1.79 bits per heavy atom. The summed E-state index contributed by atoms with van der Waals surface area (Å²) in [5.41, 5.74) is 2.49. The van der Waals surface area contributed by atoms with Gasteiger partial charge in [-0.2, -0.15) is 0 Å². The van der Waals surface area contributed by atoms with Crippen LogP contribution in [0.3, 0.4) is 0 Å². The van der Waals surface area contributed by atoms with Crippen molar-refractivity contribution in [3.05, 3.63) is 70.0 Å². The predicted octanol–water partition coefficient (Wildman–Crippen LogP) is 4.99. The van der Waals surface area contributed by atoms with Crippen LogP contribution in [-0.2, 0) is 18.8 Å². The van der Waals surface area contributed by atoms with Crippen molar-refractivity contribution in [1.82, 2.24) is 19.7 Å². The number of benzene rings is 2. The highest BCUT2D eigenvalue weighted by molar-refractivity contribution is 9.10. The molecule has 1 aromatic heterocycles. The smallest absolute Gasteiger partial charge is 0.191 e. The van der Waals surface area contributed by atoms with E-state index in [9.17, 15) is 0 Å². The maximum absolute atomic E-state index is 5.33. The van der Waals surface area contributed by atoms with Crippen LogP contribution in [0, 0.1) is 0 Å². The largest absolute Gasteiger partial charge is 0.496 e. The van der Waals surface area contributed by atoms with Crippen LogP contribution >= 0.6 is 27.7 Å². The fraction of sp³-hybridized carbons (Fsp3) is 0.364. The molecule has 5 nitrogen and oxygen atoms in total. The summed E-state index contributed by atoms with van der Waals surface area (Å²) in [6.45, 7) is 3.97. The van der Waals surface area contributed by atoms with E-state index in [1.165, 1.54) is 24.0 Å². The van der Waals surface area contributed by atoms with E-state index in [0.29, 0.717) is 0 Å². The number of aromatic nitrogens is 3. The lowest BCUT2D eigenvalue weighted by atomic mass is 10.2. The fourth-order valence-electron chi connectivity index (χ4n) is 3.56. The Kier molecular flexibility index (Phi) is 6.90. The molecule has 2 heterocycles. The third-order valence-corrected chi connectivity index (χ3v) is 6.78. The van der Waals surface area contributed by atoms with Crippen LogP contribution in [-0.4, -0.2) is 39.9 Å². The lowest BCUT2D eigenvalue weighted by molar-refractivity contribution is 0.316. The van der Waals surface area contributed by atoms with E-state index >= 15 is 0 Å². The van der Waals surface area contributed by atoms with E-state index in [4.69, 9.17) is 4.74 Å². The van der Waals surface area contributed by atoms with Crippen LogP contribution in [0.2, 0.25) is 0 Å². The number of thioether (sulfide) groups is 1. The second-order valence-electron chi connectivity index (χ2n) is 7.21. The van der Waals surface area contributed by atoms with Crippen molar-refractivity contribution in [3.8, 4) is 5.75 Å². The molecule has 0 aliphatic carbocycles. The summed E-state index contributed by atoms with van der Waals surface area (Å²) in [5, 5.41) is 10.1. The van der Waals surface area contributed by atoms with Gasteiger partial charge in [0.2, 0.25) is 0 Å². The minimum absolute atomic E-state index is 0.797. The highest BCUT2D eigenvalue weighted by Crippen LogP contribution is 2.29. The molecule has 2 aromatic carbocycles. The first-order valence-corrected chi connectivity index (χ1v) is 11.6. The van der Waals surface area contributed by atoms with Crippen LogP contribution in [0.1, 0.15) is 29.8 Å². The van der Waals surface area contributed by atoms with Crippen molar-refractivity contribution < 1.29 is 4.74 Å². The molecule has 0 atom stereocenters. The van der Waals surface area contributed by atoms with Crippen LogP contribution in [0.5, 0.6) is 5.75 Å². The van der Waals surface area contributed by atoms with Gasteiger partial charge in [0.05, 0.1) is 24.7 Å². The second kappa shape index (κ2) is 9.78. The summed E-state index contributed by atoms with van der Waals surface area (Å²) >= 11 is 5.30. The number of halogens is 1. The van der Waals surface area contributed by atoms with E-state index in [2.05, 4.69) is 78.1 Å². The van der Waals surface area contributed by atoms with Crippen molar-refractivity contribution in [1.29, 1.82) is 0 Å². The summed E-state index contributed by atoms with van der Waals surface area (Å²) in [5.74, 6) is 2.73. The molecule has 1 saturated heterocycles. The maximum Gasteiger partial charge on any atom is 0.191 e. The van der Waals surface area contributed by atoms with E-state index in [0.717, 1.165) is 53.1 Å². The van der Waals surface area contributed by atoms with Crippen LogP contribution in [0.25, 0.3) is 0 Å². The second-order valence-corrected chi connectivity index (χ2v) is 9.01. The Balaban J connectivity index is 1.53. The molecule has 0 amide bonds. The van der Waals surface area contributed by atoms with Gasteiger partial charge in [0.15, 0.2) is 5.16 Å². The molecular formula is C22H25BrN4OS. The molecule has 0 unspecified atom stereocenters. The highest BCUT2D eigenvalue weighted by Gasteiger charge is 2.18. The van der Waals surface area contributed by atoms with Gasteiger partial charge in [0.25, 0.3) is 0 Å². The summed E-state index contributed by atoms with van der Waals surface area (Å²) in [6.07, 6.45) is 2.56. The lowest BCUT2D eigenvalue weighted by Crippen LogP contribution is -2.21. The van der Waals surface area contributed by atoms with Gasteiger partial charge in [-0.05, 0) is 65.1 Å². The molecule has 1 aliphatic heterocycles. The average Bonchev–Trinajstić information content (AvgIpc) is 3.38. The number of methoxy groups -OCH3 is 1. The zero-order valence-electron chi connectivity index (χ0n) is 16.6. The first-order chi connectivity index (χ1) is 14.2. The van der Waals surface area contributed by atoms with Gasteiger partial charge < -0.3 is 9.30 Å². The van der Waals surface area contributed by atoms with Crippen molar-refractivity contribution in [2.24, 2.45) is 0 Å². The topological polar surface area (TPSA) is 43.2 Å². The molecule has 7 heteroatoms. The summed E-state index contributed by atoms with van der Waals surface area (Å²) in [4.78, 5) is 2.47. The molecule has 3 aromatic rings. The Hall–Kier alpha value is -1.83. The zero-order valence-corrected chi connectivity index (χ0v) is 19.0. The summed E-state index contributed by atoms with van der Waals surface area (Å²) < 4.78 is 8.58. The van der Waals surface area contributed by atoms with Gasteiger partial charge in [0.1, 0.15) is 11.6 Å². The summed E-state index contributed by atoms with van der Waals surface area (Å²) in [7, 11) is 1.68. The van der Waals surface area contributed by atoms with Crippen molar-refractivity contribution >= 4 is 27.7 Å². The predicted molar refractivity (Wildman–Crippen MR) is 120 cm³/mol. The van der Waals surface area contributed by atoms with E-state index in [1.807, 2.05) is 6.07 Å². The number of hydrogen-bond acceptors (Lipinski definition) is 5. The third kappa shape index (κ3) is 5.21. The molecule has 1 fully saturated rings. The van der Waals surface area contributed by atoms with E-state index < -0.39 is 0 Å². The Morgan fingerprint density at radius 3 is 2.52 bits per heavy atom. The number of nitrogens with zero attached hydrogens (tertiary/aromatic N) is 4. The third-order valence-electron chi connectivity index (χ3n) is 5.12. The zero-order chi connectivity index (χ0) is 20.1. The number of likely N-dealkylation sites (tertiary alicyclic amines) is 1. The normalized spacial score (nSPS) is 14.4. The monoisotopic (exact) mass is 472 g/mol. The van der Waals surface area contributed by atoms with Gasteiger partial charge >= 0.3 is 0 Å². The van der Waals surface area contributed by atoms with Gasteiger partial charge in [-0.3, -0.25) is 4.90 Å². The maximum atomic E-state index is 5.33. The standard InChI is InChI=1S/C22H25BrN4OS/c1-28-20-10-9-18(13-19(20)23)16-29-22-25-24-21(15-26-11-5-6-12-26)27(22)14-17-7-3-2-4-8-17/h2-4,7-10,13H,5-6,11-12,14-16H2,1H3. The number of rotatable bonds is 8. The van der Waals surface area contributed by atoms with Crippen LogP contribution in [0.15, 0.2) is 58.2 Å². The average molecular weight is 473 g/mol. The number of ether oxygens (including phenoxy) is 1. The number of hydrogen-bond donors (Lipinski definition) is 0. The quantitative estimate of drug-likeness (QED) is 0.432. The highest BCUT2D eigenvalue weighted by atomic mass is 79.9. The molecule has 0 radical (unpaired) electrons. The SMILES string of the molecule is COc1ccc(CSc2nnc(CN3CCCC3)n2Cc2ccccc2)cc1Br. The van der Waals surface area contributed by atoms with Crippen molar-refractivity contribution in [2.45, 2.75) is 36.8 Å². The van der Waals surface area contributed by atoms with Gasteiger partial charge in [0, 0.05) is 5.75 Å². The molecule has 29 heavy (non-hydrogen) atoms. The van der Waals surface area contributed by atoms with Crippen LogP contribution < -0.4 is 4.74 Å². The van der Waals surface area contributed by atoms with Crippen molar-refractivity contribution in [2.75, 3.05) is 20.2 Å². The molecule has 0 bridgehead atoms. The lowest BCUT2D eigenvalue weighted by Gasteiger charge is -2.16. The van der Waals surface area contributed by atoms with Gasteiger partial charge in [-0.1, -0.05) is 48.2 Å². The molecule has 4 rings (SSSR count). The minimum Gasteiger partial charge on any atom is -0.496 e. The minimum atomic E-state index is 0.797. The fourth-order valence-corrected chi connectivity index (χ4v) is 5.04. The summed E-state index contributed by atoms with van der Waals surface area (Å²) in [6, 6.07) is 16.7. The van der Waals surface area contributed by atoms with E-state index in [-0.39, 0.29) is 0 Å².